The molecule has 7 heteroatoms. The summed E-state index contributed by atoms with van der Waals surface area (Å²) in [6.45, 7) is 8.23. The maximum atomic E-state index is 12.3. The van der Waals surface area contributed by atoms with Crippen LogP contribution in [0.2, 0.25) is 0 Å². The van der Waals surface area contributed by atoms with Gasteiger partial charge in [0.25, 0.3) is 5.91 Å². The zero-order chi connectivity index (χ0) is 18.7. The molecule has 0 atom stereocenters. The smallest absolute Gasteiger partial charge is 0.258 e. The molecule has 134 valence electrons. The average molecular weight is 351 g/mol. The highest BCUT2D eigenvalue weighted by Crippen LogP contribution is 2.23. The number of rotatable bonds is 4. The van der Waals surface area contributed by atoms with Crippen molar-refractivity contribution in [2.24, 2.45) is 0 Å². The van der Waals surface area contributed by atoms with Crippen molar-refractivity contribution < 1.29 is 9.32 Å². The Morgan fingerprint density at radius 2 is 1.73 bits per heavy atom. The van der Waals surface area contributed by atoms with Crippen LogP contribution in [0.15, 0.2) is 47.2 Å². The van der Waals surface area contributed by atoms with Crippen LogP contribution in [-0.2, 0) is 5.41 Å². The molecule has 0 spiro atoms. The summed E-state index contributed by atoms with van der Waals surface area (Å²) in [7, 11) is 0. The Morgan fingerprint density at radius 1 is 1.08 bits per heavy atom. The van der Waals surface area contributed by atoms with E-state index >= 15 is 0 Å². The van der Waals surface area contributed by atoms with Crippen molar-refractivity contribution in [3.63, 3.8) is 0 Å². The number of carbonyl (C=O) groups excluding carboxylic acids is 1. The highest BCUT2D eigenvalue weighted by atomic mass is 16.5. The van der Waals surface area contributed by atoms with E-state index in [0.717, 1.165) is 5.69 Å². The van der Waals surface area contributed by atoms with Gasteiger partial charge in [-0.25, -0.2) is 9.97 Å². The molecule has 0 saturated carbocycles. The van der Waals surface area contributed by atoms with Gasteiger partial charge in [-0.3, -0.25) is 4.79 Å². The number of anilines is 3. The fraction of sp³-hybridized carbons (Fsp3) is 0.263. The molecule has 0 radical (unpaired) electrons. The van der Waals surface area contributed by atoms with E-state index in [1.807, 2.05) is 24.3 Å². The van der Waals surface area contributed by atoms with Crippen molar-refractivity contribution in [1.82, 2.24) is 15.1 Å². The predicted octanol–water partition coefficient (Wildman–Crippen LogP) is 4.07. The van der Waals surface area contributed by atoms with Gasteiger partial charge in [0, 0.05) is 24.1 Å². The highest BCUT2D eigenvalue weighted by molar-refractivity contribution is 6.03. The Bertz CT molecular complexity index is 893. The largest absolute Gasteiger partial charge is 0.360 e. The summed E-state index contributed by atoms with van der Waals surface area (Å²) in [5.74, 6) is 1.27. The van der Waals surface area contributed by atoms with Crippen molar-refractivity contribution >= 4 is 23.4 Å². The molecule has 3 rings (SSSR count). The third kappa shape index (κ3) is 4.24. The zero-order valence-electron chi connectivity index (χ0n) is 15.2. The molecule has 0 saturated heterocycles. The van der Waals surface area contributed by atoms with Gasteiger partial charge < -0.3 is 15.2 Å². The quantitative estimate of drug-likeness (QED) is 0.736. The summed E-state index contributed by atoms with van der Waals surface area (Å²) in [4.78, 5) is 20.6. The summed E-state index contributed by atoms with van der Waals surface area (Å²) in [5.41, 5.74) is 2.37. The number of aryl methyl sites for hydroxylation is 1. The minimum Gasteiger partial charge on any atom is -0.360 e. The average Bonchev–Trinajstić information content (AvgIpc) is 3.00. The molecular formula is C19H21N5O2. The van der Waals surface area contributed by atoms with Crippen molar-refractivity contribution in [3.8, 4) is 0 Å². The molecule has 0 unspecified atom stereocenters. The highest BCUT2D eigenvalue weighted by Gasteiger charge is 2.14. The number of carbonyl (C=O) groups is 1. The van der Waals surface area contributed by atoms with Gasteiger partial charge in [0.1, 0.15) is 5.76 Å². The van der Waals surface area contributed by atoms with Gasteiger partial charge in [-0.15, -0.1) is 0 Å². The number of nitrogens with one attached hydrogen (secondary N) is 2. The van der Waals surface area contributed by atoms with E-state index < -0.39 is 0 Å². The molecule has 3 aromatic rings. The van der Waals surface area contributed by atoms with Gasteiger partial charge in [0.2, 0.25) is 5.95 Å². The minimum absolute atomic E-state index is 0.0710. The number of benzene rings is 1. The molecule has 0 aliphatic rings. The Labute approximate surface area is 151 Å². The maximum absolute atomic E-state index is 12.3. The predicted molar refractivity (Wildman–Crippen MR) is 99.6 cm³/mol. The van der Waals surface area contributed by atoms with E-state index in [9.17, 15) is 4.79 Å². The maximum Gasteiger partial charge on any atom is 0.258 e. The molecule has 2 aromatic heterocycles. The van der Waals surface area contributed by atoms with Gasteiger partial charge in [0.15, 0.2) is 5.82 Å². The standard InChI is InChI=1S/C19H21N5O2/c1-12-9-16(24-26-12)23-18-20-10-13(11-21-18)17(25)22-15-7-5-14(6-8-15)19(2,3)4/h5-11H,1-4H3,(H,22,25)(H,20,21,23,24). The van der Waals surface area contributed by atoms with Crippen molar-refractivity contribution in [2.75, 3.05) is 10.6 Å². The Morgan fingerprint density at radius 3 is 2.27 bits per heavy atom. The first-order chi connectivity index (χ1) is 12.3. The molecule has 0 bridgehead atoms. The number of hydrogen-bond acceptors (Lipinski definition) is 6. The molecule has 0 fully saturated rings. The lowest BCUT2D eigenvalue weighted by molar-refractivity contribution is 0.102. The summed E-state index contributed by atoms with van der Waals surface area (Å²) in [6, 6.07) is 9.54. The van der Waals surface area contributed by atoms with E-state index in [2.05, 4.69) is 46.5 Å². The van der Waals surface area contributed by atoms with Crippen LogP contribution in [0.25, 0.3) is 0 Å². The Hall–Kier alpha value is -3.22. The van der Waals surface area contributed by atoms with Crippen LogP contribution in [-0.4, -0.2) is 21.0 Å². The number of nitrogens with zero attached hydrogens (tertiary/aromatic N) is 3. The third-order valence-corrected chi connectivity index (χ3v) is 3.79. The lowest BCUT2D eigenvalue weighted by Crippen LogP contribution is -2.14. The minimum atomic E-state index is -0.266. The van der Waals surface area contributed by atoms with Gasteiger partial charge in [-0.05, 0) is 30.0 Å². The number of aromatic nitrogens is 3. The lowest BCUT2D eigenvalue weighted by Gasteiger charge is -2.19. The second-order valence-corrected chi connectivity index (χ2v) is 7.02. The van der Waals surface area contributed by atoms with E-state index in [1.54, 1.807) is 13.0 Å². The third-order valence-electron chi connectivity index (χ3n) is 3.79. The molecule has 2 heterocycles. The first-order valence-electron chi connectivity index (χ1n) is 8.25. The molecule has 0 aliphatic heterocycles. The van der Waals surface area contributed by atoms with Crippen molar-refractivity contribution in [1.29, 1.82) is 0 Å². The molecule has 1 aromatic carbocycles. The van der Waals surface area contributed by atoms with Crippen LogP contribution in [0, 0.1) is 6.92 Å². The summed E-state index contributed by atoms with van der Waals surface area (Å²) >= 11 is 0. The van der Waals surface area contributed by atoms with Gasteiger partial charge >= 0.3 is 0 Å². The van der Waals surface area contributed by atoms with E-state index in [0.29, 0.717) is 23.1 Å². The molecular weight excluding hydrogens is 330 g/mol. The summed E-state index contributed by atoms with van der Waals surface area (Å²) < 4.78 is 4.96. The Balaban J connectivity index is 1.64. The van der Waals surface area contributed by atoms with E-state index in [1.165, 1.54) is 18.0 Å². The molecule has 1 amide bonds. The van der Waals surface area contributed by atoms with E-state index in [4.69, 9.17) is 4.52 Å². The van der Waals surface area contributed by atoms with Crippen molar-refractivity contribution in [2.45, 2.75) is 33.1 Å². The van der Waals surface area contributed by atoms with Crippen LogP contribution in [0.1, 0.15) is 42.5 Å². The van der Waals surface area contributed by atoms with E-state index in [-0.39, 0.29) is 11.3 Å². The molecule has 26 heavy (non-hydrogen) atoms. The zero-order valence-corrected chi connectivity index (χ0v) is 15.2. The second-order valence-electron chi connectivity index (χ2n) is 7.02. The van der Waals surface area contributed by atoms with Gasteiger partial charge in [-0.1, -0.05) is 38.1 Å². The van der Waals surface area contributed by atoms with Gasteiger partial charge in [-0.2, -0.15) is 0 Å². The number of hydrogen-bond donors (Lipinski definition) is 2. The van der Waals surface area contributed by atoms with Crippen LogP contribution < -0.4 is 10.6 Å². The summed E-state index contributed by atoms with van der Waals surface area (Å²) in [5, 5.41) is 9.55. The SMILES string of the molecule is Cc1cc(Nc2ncc(C(=O)Nc3ccc(C(C)(C)C)cc3)cn2)no1. The second kappa shape index (κ2) is 6.95. The first kappa shape index (κ1) is 17.6. The van der Waals surface area contributed by atoms with Gasteiger partial charge in [0.05, 0.1) is 5.56 Å². The summed E-state index contributed by atoms with van der Waals surface area (Å²) in [6.07, 6.45) is 2.92. The molecule has 0 aliphatic carbocycles. The van der Waals surface area contributed by atoms with Crippen LogP contribution >= 0.6 is 0 Å². The van der Waals surface area contributed by atoms with Crippen LogP contribution in [0.4, 0.5) is 17.5 Å². The Kier molecular flexibility index (Phi) is 4.71. The van der Waals surface area contributed by atoms with Crippen LogP contribution in [0.5, 0.6) is 0 Å². The van der Waals surface area contributed by atoms with Crippen LogP contribution in [0.3, 0.4) is 0 Å². The topological polar surface area (TPSA) is 92.9 Å². The molecule has 7 nitrogen and oxygen atoms in total. The first-order valence-corrected chi connectivity index (χ1v) is 8.25. The fourth-order valence-corrected chi connectivity index (χ4v) is 2.31. The fourth-order valence-electron chi connectivity index (χ4n) is 2.31. The monoisotopic (exact) mass is 351 g/mol. The molecule has 2 N–H and O–H groups in total. The lowest BCUT2D eigenvalue weighted by atomic mass is 9.87. The normalized spacial score (nSPS) is 11.2. The number of amides is 1. The van der Waals surface area contributed by atoms with Crippen molar-refractivity contribution in [3.05, 3.63) is 59.6 Å².